The molecule has 0 aliphatic rings. The Bertz CT molecular complexity index is 1450. The van der Waals surface area contributed by atoms with E-state index in [9.17, 15) is 14.3 Å². The number of rotatable bonds is 4. The smallest absolute Gasteiger partial charge is 0.354 e. The van der Waals surface area contributed by atoms with Crippen LogP contribution in [0.1, 0.15) is 35.9 Å². The number of fused-ring (bicyclic) bond motifs is 2. The summed E-state index contributed by atoms with van der Waals surface area (Å²) in [5, 5.41) is 18.5. The van der Waals surface area contributed by atoms with Gasteiger partial charge in [-0.2, -0.15) is 5.10 Å². The van der Waals surface area contributed by atoms with E-state index in [0.717, 1.165) is 38.8 Å². The molecule has 3 aromatic heterocycles. The molecule has 0 fully saturated rings. The molecule has 0 bridgehead atoms. The Balaban J connectivity index is 1.94. The lowest BCUT2D eigenvalue weighted by atomic mass is 9.99. The van der Waals surface area contributed by atoms with Crippen molar-refractivity contribution < 1.29 is 14.3 Å². The Hall–Kier alpha value is -4.00. The highest BCUT2D eigenvalue weighted by Gasteiger charge is 2.24. The van der Waals surface area contributed by atoms with Gasteiger partial charge in [0.05, 0.1) is 22.9 Å². The summed E-state index contributed by atoms with van der Waals surface area (Å²) in [4.78, 5) is 16.0. The van der Waals surface area contributed by atoms with Crippen LogP contribution in [0.15, 0.2) is 60.8 Å². The van der Waals surface area contributed by atoms with Gasteiger partial charge >= 0.3 is 5.97 Å². The zero-order chi connectivity index (χ0) is 21.7. The van der Waals surface area contributed by atoms with Crippen molar-refractivity contribution in [2.75, 3.05) is 0 Å². The molecule has 0 spiro atoms. The summed E-state index contributed by atoms with van der Waals surface area (Å²) >= 11 is 0. The van der Waals surface area contributed by atoms with Gasteiger partial charge in [-0.1, -0.05) is 19.9 Å². The van der Waals surface area contributed by atoms with E-state index in [1.807, 2.05) is 18.2 Å². The zero-order valence-corrected chi connectivity index (χ0v) is 16.9. The number of carboxylic acids is 1. The summed E-state index contributed by atoms with van der Waals surface area (Å²) < 4.78 is 15.7. The predicted octanol–water partition coefficient (Wildman–Crippen LogP) is 5.53. The molecule has 0 amide bonds. The van der Waals surface area contributed by atoms with Crippen LogP contribution in [0.3, 0.4) is 0 Å². The van der Waals surface area contributed by atoms with Crippen molar-refractivity contribution >= 4 is 27.8 Å². The number of halogens is 1. The van der Waals surface area contributed by atoms with Crippen LogP contribution in [0, 0.1) is 5.82 Å². The second-order valence-corrected chi connectivity index (χ2v) is 7.77. The van der Waals surface area contributed by atoms with Crippen LogP contribution in [0.4, 0.5) is 4.39 Å². The second kappa shape index (κ2) is 7.05. The number of carbonyl (C=O) groups is 1. The number of H-pyrrole nitrogens is 1. The molecule has 3 heterocycles. The van der Waals surface area contributed by atoms with Crippen molar-refractivity contribution in [2.24, 2.45) is 0 Å². The van der Waals surface area contributed by atoms with Crippen molar-refractivity contribution in [1.29, 1.82) is 0 Å². The monoisotopic (exact) mass is 414 g/mol. The molecular weight excluding hydrogens is 395 g/mol. The number of pyridine rings is 1. The number of nitrogens with one attached hydrogen (secondary N) is 1. The maximum absolute atomic E-state index is 13.6. The lowest BCUT2D eigenvalue weighted by Gasteiger charge is -2.15. The first-order chi connectivity index (χ1) is 14.9. The van der Waals surface area contributed by atoms with E-state index in [2.05, 4.69) is 33.6 Å². The zero-order valence-electron chi connectivity index (χ0n) is 16.9. The highest BCUT2D eigenvalue weighted by Crippen LogP contribution is 2.41. The van der Waals surface area contributed by atoms with Gasteiger partial charge in [-0.05, 0) is 54.4 Å². The first-order valence-corrected chi connectivity index (χ1v) is 9.92. The summed E-state index contributed by atoms with van der Waals surface area (Å²) in [6, 6.07) is 15.4. The molecular formula is C24H19FN4O2. The van der Waals surface area contributed by atoms with E-state index >= 15 is 0 Å². The largest absolute Gasteiger partial charge is 0.477 e. The number of aromatic nitrogens is 4. The molecule has 0 aliphatic heterocycles. The summed E-state index contributed by atoms with van der Waals surface area (Å²) in [5.41, 5.74) is 4.99. The third kappa shape index (κ3) is 3.06. The van der Waals surface area contributed by atoms with Crippen LogP contribution in [-0.2, 0) is 0 Å². The molecule has 0 aliphatic carbocycles. The first-order valence-electron chi connectivity index (χ1n) is 9.92. The molecule has 6 nitrogen and oxygen atoms in total. The van der Waals surface area contributed by atoms with Crippen molar-refractivity contribution in [1.82, 2.24) is 19.7 Å². The SMILES string of the molecule is CC(C)c1c(-c2cccc(C(=O)O)n2)c2cc3[nH]ncc3cc2n1-c1ccc(F)cc1. The maximum Gasteiger partial charge on any atom is 0.354 e. The summed E-state index contributed by atoms with van der Waals surface area (Å²) in [6.45, 7) is 4.15. The van der Waals surface area contributed by atoms with Crippen LogP contribution < -0.4 is 0 Å². The molecule has 7 heteroatoms. The third-order valence-corrected chi connectivity index (χ3v) is 5.42. The fraction of sp³-hybridized carbons (Fsp3) is 0.125. The van der Waals surface area contributed by atoms with E-state index < -0.39 is 5.97 Å². The van der Waals surface area contributed by atoms with Gasteiger partial charge < -0.3 is 9.67 Å². The third-order valence-electron chi connectivity index (χ3n) is 5.42. The summed E-state index contributed by atoms with van der Waals surface area (Å²) in [6.07, 6.45) is 1.76. The Morgan fingerprint density at radius 3 is 2.61 bits per heavy atom. The van der Waals surface area contributed by atoms with E-state index in [1.54, 1.807) is 24.4 Å². The van der Waals surface area contributed by atoms with Crippen LogP contribution in [0.2, 0.25) is 0 Å². The fourth-order valence-electron chi connectivity index (χ4n) is 4.12. The number of hydrogen-bond acceptors (Lipinski definition) is 3. The van der Waals surface area contributed by atoms with Gasteiger partial charge in [0, 0.05) is 27.7 Å². The van der Waals surface area contributed by atoms with Crippen LogP contribution >= 0.6 is 0 Å². The highest BCUT2D eigenvalue weighted by atomic mass is 19.1. The minimum Gasteiger partial charge on any atom is -0.477 e. The number of hydrogen-bond donors (Lipinski definition) is 2. The minimum absolute atomic E-state index is 0.0162. The van der Waals surface area contributed by atoms with Crippen molar-refractivity contribution in [3.63, 3.8) is 0 Å². The van der Waals surface area contributed by atoms with Crippen LogP contribution in [0.25, 0.3) is 38.8 Å². The topological polar surface area (TPSA) is 83.8 Å². The highest BCUT2D eigenvalue weighted by molar-refractivity contribution is 6.05. The number of nitrogens with zero attached hydrogens (tertiary/aromatic N) is 3. The minimum atomic E-state index is -1.08. The van der Waals surface area contributed by atoms with Gasteiger partial charge in [-0.15, -0.1) is 0 Å². The molecule has 0 radical (unpaired) electrons. The quantitative estimate of drug-likeness (QED) is 0.405. The fourth-order valence-corrected chi connectivity index (χ4v) is 4.12. The molecule has 2 N–H and O–H groups in total. The number of benzene rings is 2. The van der Waals surface area contributed by atoms with Gasteiger partial charge in [0.1, 0.15) is 11.5 Å². The van der Waals surface area contributed by atoms with Gasteiger partial charge in [0.25, 0.3) is 0 Å². The molecule has 2 aromatic carbocycles. The maximum atomic E-state index is 13.6. The van der Waals surface area contributed by atoms with E-state index in [0.29, 0.717) is 5.69 Å². The first kappa shape index (κ1) is 19.0. The molecule has 5 rings (SSSR count). The van der Waals surface area contributed by atoms with E-state index in [-0.39, 0.29) is 17.4 Å². The lowest BCUT2D eigenvalue weighted by Crippen LogP contribution is -2.05. The molecule has 154 valence electrons. The standard InChI is InChI=1S/C24H19FN4O2/c1-13(2)23-22(18-4-3-5-19(27-18)24(30)31)17-11-20-14(12-26-28-20)10-21(17)29(23)16-8-6-15(25)7-9-16/h3-13H,1-2H3,(H,26,28)(H,30,31). The molecule has 5 aromatic rings. The second-order valence-electron chi connectivity index (χ2n) is 7.77. The molecule has 0 saturated heterocycles. The van der Waals surface area contributed by atoms with E-state index in [1.165, 1.54) is 18.2 Å². The molecule has 0 unspecified atom stereocenters. The van der Waals surface area contributed by atoms with Crippen molar-refractivity contribution in [2.45, 2.75) is 19.8 Å². The molecule has 31 heavy (non-hydrogen) atoms. The Kier molecular flexibility index (Phi) is 4.32. The average molecular weight is 414 g/mol. The predicted molar refractivity (Wildman–Crippen MR) is 117 cm³/mol. The van der Waals surface area contributed by atoms with Gasteiger partial charge in [0.2, 0.25) is 0 Å². The van der Waals surface area contributed by atoms with Crippen LogP contribution in [-0.4, -0.2) is 30.8 Å². The Labute approximate surface area is 177 Å². The van der Waals surface area contributed by atoms with Crippen molar-refractivity contribution in [3.05, 3.63) is 78.0 Å². The van der Waals surface area contributed by atoms with Gasteiger partial charge in [0.15, 0.2) is 0 Å². The van der Waals surface area contributed by atoms with Gasteiger partial charge in [-0.25, -0.2) is 14.2 Å². The Morgan fingerprint density at radius 1 is 1.13 bits per heavy atom. The molecule has 0 atom stereocenters. The number of aromatic amines is 1. The number of aromatic carboxylic acids is 1. The summed E-state index contributed by atoms with van der Waals surface area (Å²) in [5.74, 6) is -1.30. The lowest BCUT2D eigenvalue weighted by molar-refractivity contribution is 0.0690. The summed E-state index contributed by atoms with van der Waals surface area (Å²) in [7, 11) is 0. The van der Waals surface area contributed by atoms with Gasteiger partial charge in [-0.3, -0.25) is 5.10 Å². The van der Waals surface area contributed by atoms with Crippen molar-refractivity contribution in [3.8, 4) is 16.9 Å². The van der Waals surface area contributed by atoms with Crippen LogP contribution in [0.5, 0.6) is 0 Å². The number of carboxylic acid groups (broad SMARTS) is 1. The van der Waals surface area contributed by atoms with E-state index in [4.69, 9.17) is 0 Å². The molecule has 0 saturated carbocycles. The Morgan fingerprint density at radius 2 is 1.90 bits per heavy atom. The normalized spacial score (nSPS) is 11.6. The average Bonchev–Trinajstić information content (AvgIpc) is 3.34.